The zero-order valence-corrected chi connectivity index (χ0v) is 16.6. The summed E-state index contributed by atoms with van der Waals surface area (Å²) < 4.78 is 31.1. The average molecular weight is 407 g/mol. The van der Waals surface area contributed by atoms with E-state index in [1.54, 1.807) is 37.3 Å². The maximum Gasteiger partial charge on any atom is 0.367 e. The Balaban J connectivity index is 1.87. The molecule has 0 bridgehead atoms. The normalized spacial score (nSPS) is 15.4. The molecule has 0 aliphatic carbocycles. The van der Waals surface area contributed by atoms with Gasteiger partial charge in [-0.2, -0.15) is 8.42 Å². The van der Waals surface area contributed by atoms with Gasteiger partial charge in [0.25, 0.3) is 0 Å². The summed E-state index contributed by atoms with van der Waals surface area (Å²) in [5.74, 6) is -0.480. The third-order valence-corrected chi connectivity index (χ3v) is 5.85. The molecule has 4 rings (SSSR count). The van der Waals surface area contributed by atoms with E-state index in [0.717, 1.165) is 16.3 Å². The minimum atomic E-state index is -4.06. The Morgan fingerprint density at radius 2 is 1.69 bits per heavy atom. The second-order valence-corrected chi connectivity index (χ2v) is 8.21. The van der Waals surface area contributed by atoms with Crippen molar-refractivity contribution in [2.45, 2.75) is 18.7 Å². The lowest BCUT2D eigenvalue weighted by Gasteiger charge is -2.12. The molecule has 3 aromatic carbocycles. The second kappa shape index (κ2) is 7.18. The minimum absolute atomic E-state index is 0.0490. The summed E-state index contributed by atoms with van der Waals surface area (Å²) >= 11 is 0. The maximum absolute atomic E-state index is 12.8. The highest BCUT2D eigenvalue weighted by Crippen LogP contribution is 2.33. The number of carbonyl (C=O) groups is 1. The van der Waals surface area contributed by atoms with Crippen molar-refractivity contribution in [1.82, 2.24) is 0 Å². The van der Waals surface area contributed by atoms with Gasteiger partial charge in [-0.15, -0.1) is 0 Å². The van der Waals surface area contributed by atoms with Crippen molar-refractivity contribution in [3.8, 4) is 5.75 Å². The quantitative estimate of drug-likeness (QED) is 0.367. The van der Waals surface area contributed by atoms with Crippen LogP contribution in [0.4, 0.5) is 0 Å². The molecule has 0 N–H and O–H groups in total. The molecule has 0 saturated heterocycles. The number of aryl methyl sites for hydroxylation is 1. The Labute approximate surface area is 168 Å². The molecule has 29 heavy (non-hydrogen) atoms. The summed E-state index contributed by atoms with van der Waals surface area (Å²) in [5.41, 5.74) is 2.06. The van der Waals surface area contributed by atoms with E-state index < -0.39 is 16.1 Å². The molecule has 6 nitrogen and oxygen atoms in total. The summed E-state index contributed by atoms with van der Waals surface area (Å²) in [6.07, 6.45) is 1.55. The van der Waals surface area contributed by atoms with Crippen LogP contribution in [-0.4, -0.2) is 20.1 Å². The fourth-order valence-electron chi connectivity index (χ4n) is 3.03. The van der Waals surface area contributed by atoms with Crippen LogP contribution in [0.25, 0.3) is 16.8 Å². The number of fused-ring (bicyclic) bond motifs is 1. The molecule has 0 saturated carbocycles. The van der Waals surface area contributed by atoms with E-state index in [0.29, 0.717) is 11.3 Å². The van der Waals surface area contributed by atoms with Gasteiger partial charge in [0, 0.05) is 5.56 Å². The lowest BCUT2D eigenvalue weighted by atomic mass is 10.00. The first kappa shape index (κ1) is 18.9. The van der Waals surface area contributed by atoms with Gasteiger partial charge in [0.2, 0.25) is 0 Å². The third kappa shape index (κ3) is 3.64. The molecule has 3 aromatic rings. The fourth-order valence-corrected chi connectivity index (χ4v) is 3.98. The Bertz CT molecular complexity index is 1290. The van der Waals surface area contributed by atoms with Crippen LogP contribution in [0.2, 0.25) is 0 Å². The van der Waals surface area contributed by atoms with Gasteiger partial charge in [0.1, 0.15) is 4.90 Å². The number of nitrogens with zero attached hydrogens (tertiary/aromatic N) is 1. The topological polar surface area (TPSA) is 82.0 Å². The van der Waals surface area contributed by atoms with E-state index >= 15 is 0 Å². The summed E-state index contributed by atoms with van der Waals surface area (Å²) in [4.78, 5) is 16.8. The fraction of sp³-hybridized carbons (Fsp3) is 0.0909. The number of hydrogen-bond donors (Lipinski definition) is 0. The van der Waals surface area contributed by atoms with Crippen LogP contribution in [0.3, 0.4) is 0 Å². The Morgan fingerprint density at radius 1 is 0.966 bits per heavy atom. The van der Waals surface area contributed by atoms with Gasteiger partial charge in [-0.1, -0.05) is 53.2 Å². The third-order valence-electron chi connectivity index (χ3n) is 4.60. The van der Waals surface area contributed by atoms with Gasteiger partial charge < -0.3 is 9.02 Å². The molecule has 0 unspecified atom stereocenters. The highest BCUT2D eigenvalue weighted by Gasteiger charge is 2.24. The van der Waals surface area contributed by atoms with E-state index in [2.05, 4.69) is 5.16 Å². The predicted molar refractivity (Wildman–Crippen MR) is 110 cm³/mol. The van der Waals surface area contributed by atoms with Gasteiger partial charge in [0.05, 0.1) is 11.3 Å². The summed E-state index contributed by atoms with van der Waals surface area (Å²) in [6.45, 7) is 3.51. The summed E-state index contributed by atoms with van der Waals surface area (Å²) in [7, 11) is -4.06. The Hall–Kier alpha value is -3.45. The van der Waals surface area contributed by atoms with Gasteiger partial charge in [-0.25, -0.2) is 4.79 Å². The van der Waals surface area contributed by atoms with Crippen LogP contribution in [0.1, 0.15) is 18.1 Å². The van der Waals surface area contributed by atoms with Crippen molar-refractivity contribution in [2.24, 2.45) is 5.16 Å². The molecule has 0 aromatic heterocycles. The molecule has 7 heteroatoms. The van der Waals surface area contributed by atoms with Crippen molar-refractivity contribution in [2.75, 3.05) is 0 Å². The van der Waals surface area contributed by atoms with Gasteiger partial charge >= 0.3 is 16.1 Å². The molecule has 0 radical (unpaired) electrons. The molecule has 1 aliphatic rings. The van der Waals surface area contributed by atoms with Crippen molar-refractivity contribution >= 4 is 38.6 Å². The van der Waals surface area contributed by atoms with E-state index in [1.165, 1.54) is 12.1 Å². The van der Waals surface area contributed by atoms with E-state index in [1.807, 2.05) is 31.2 Å². The van der Waals surface area contributed by atoms with Crippen molar-refractivity contribution in [3.63, 3.8) is 0 Å². The Kier molecular flexibility index (Phi) is 4.68. The zero-order chi connectivity index (χ0) is 20.6. The second-order valence-electron chi connectivity index (χ2n) is 6.66. The van der Waals surface area contributed by atoms with Gasteiger partial charge in [0.15, 0.2) is 5.75 Å². The van der Waals surface area contributed by atoms with Crippen LogP contribution in [0.5, 0.6) is 5.75 Å². The number of oxime groups is 1. The average Bonchev–Trinajstić information content (AvgIpc) is 3.02. The number of hydrogen-bond acceptors (Lipinski definition) is 6. The first-order valence-electron chi connectivity index (χ1n) is 8.86. The lowest BCUT2D eigenvalue weighted by molar-refractivity contribution is -0.136. The molecule has 1 aliphatic heterocycles. The van der Waals surface area contributed by atoms with Crippen molar-refractivity contribution in [1.29, 1.82) is 0 Å². The molecule has 0 spiro atoms. The molecular weight excluding hydrogens is 390 g/mol. The van der Waals surface area contributed by atoms with Crippen LogP contribution in [0.15, 0.2) is 76.3 Å². The Morgan fingerprint density at radius 3 is 2.38 bits per heavy atom. The summed E-state index contributed by atoms with van der Waals surface area (Å²) in [6, 6.07) is 17.2. The highest BCUT2D eigenvalue weighted by molar-refractivity contribution is 7.87. The largest absolute Gasteiger partial charge is 0.378 e. The molecular formula is C22H17NO5S. The number of rotatable bonds is 4. The first-order chi connectivity index (χ1) is 13.8. The van der Waals surface area contributed by atoms with Crippen LogP contribution in [0, 0.1) is 6.92 Å². The zero-order valence-electron chi connectivity index (χ0n) is 15.7. The minimum Gasteiger partial charge on any atom is -0.378 e. The molecule has 0 atom stereocenters. The monoisotopic (exact) mass is 407 g/mol. The standard InChI is InChI=1S/C22H17NO5S/c1-14-7-10-17(11-8-14)29(25,26)28-21-12-9-16-5-3-4-6-18(16)20(21)13-19-15(2)23-27-22(19)24/h3-13H,1-2H3/b19-13+. The van der Waals surface area contributed by atoms with Gasteiger partial charge in [-0.3, -0.25) is 0 Å². The van der Waals surface area contributed by atoms with Crippen molar-refractivity contribution < 1.29 is 22.2 Å². The van der Waals surface area contributed by atoms with Crippen molar-refractivity contribution in [3.05, 3.63) is 77.4 Å². The van der Waals surface area contributed by atoms with Crippen LogP contribution in [-0.2, 0) is 19.8 Å². The predicted octanol–water partition coefficient (Wildman–Crippen LogP) is 4.23. The van der Waals surface area contributed by atoms with E-state index in [-0.39, 0.29) is 16.2 Å². The smallest absolute Gasteiger partial charge is 0.367 e. The number of carbonyl (C=O) groups excluding carboxylic acids is 1. The molecule has 1 heterocycles. The lowest BCUT2D eigenvalue weighted by Crippen LogP contribution is -2.11. The molecule has 0 amide bonds. The van der Waals surface area contributed by atoms with Crippen LogP contribution >= 0.6 is 0 Å². The van der Waals surface area contributed by atoms with E-state index in [4.69, 9.17) is 9.02 Å². The first-order valence-corrected chi connectivity index (χ1v) is 10.3. The highest BCUT2D eigenvalue weighted by atomic mass is 32.2. The maximum atomic E-state index is 12.8. The van der Waals surface area contributed by atoms with Crippen LogP contribution < -0.4 is 4.18 Å². The molecule has 0 fully saturated rings. The number of benzene rings is 3. The van der Waals surface area contributed by atoms with E-state index in [9.17, 15) is 13.2 Å². The summed E-state index contributed by atoms with van der Waals surface area (Å²) in [5, 5.41) is 5.29. The van der Waals surface area contributed by atoms with Gasteiger partial charge in [-0.05, 0) is 48.9 Å². The molecule has 146 valence electrons. The SMILES string of the molecule is CC1=NOC(=O)/C1=C/c1c(OS(=O)(=O)c2ccc(C)cc2)ccc2ccccc12.